The van der Waals surface area contributed by atoms with Crippen LogP contribution in [0.1, 0.15) is 38.9 Å². The SMILES string of the molecule is CCc1c(C(=O)N2CCN(c3ccc(C(N)=O)cc3)CC2)cnn1Cc1ccccc1. The lowest BCUT2D eigenvalue weighted by atomic mass is 10.1. The number of nitrogens with zero attached hydrogens (tertiary/aromatic N) is 4. The Kier molecular flexibility index (Phi) is 6.02. The molecule has 2 N–H and O–H groups in total. The summed E-state index contributed by atoms with van der Waals surface area (Å²) < 4.78 is 1.93. The number of carbonyl (C=O) groups excluding carboxylic acids is 2. The number of amides is 2. The summed E-state index contributed by atoms with van der Waals surface area (Å²) in [4.78, 5) is 28.6. The fourth-order valence-corrected chi connectivity index (χ4v) is 4.03. The largest absolute Gasteiger partial charge is 0.368 e. The Morgan fingerprint density at radius 1 is 0.968 bits per heavy atom. The van der Waals surface area contributed by atoms with E-state index in [1.54, 1.807) is 18.3 Å². The smallest absolute Gasteiger partial charge is 0.257 e. The molecule has 0 bridgehead atoms. The van der Waals surface area contributed by atoms with Crippen LogP contribution in [0, 0.1) is 0 Å². The van der Waals surface area contributed by atoms with Crippen molar-refractivity contribution in [3.8, 4) is 0 Å². The van der Waals surface area contributed by atoms with Gasteiger partial charge >= 0.3 is 0 Å². The van der Waals surface area contributed by atoms with Gasteiger partial charge in [-0.25, -0.2) is 0 Å². The highest BCUT2D eigenvalue weighted by Gasteiger charge is 2.26. The summed E-state index contributed by atoms with van der Waals surface area (Å²) in [6, 6.07) is 17.4. The number of hydrogen-bond donors (Lipinski definition) is 1. The van der Waals surface area contributed by atoms with Gasteiger partial charge in [0.05, 0.1) is 24.0 Å². The van der Waals surface area contributed by atoms with Crippen molar-refractivity contribution in [1.29, 1.82) is 0 Å². The van der Waals surface area contributed by atoms with E-state index >= 15 is 0 Å². The Morgan fingerprint density at radius 2 is 1.65 bits per heavy atom. The molecule has 0 saturated carbocycles. The molecule has 0 radical (unpaired) electrons. The first-order chi connectivity index (χ1) is 15.1. The third-order valence-corrected chi connectivity index (χ3v) is 5.77. The van der Waals surface area contributed by atoms with Gasteiger partial charge in [0.2, 0.25) is 5.91 Å². The van der Waals surface area contributed by atoms with Gasteiger partial charge in [0.15, 0.2) is 0 Å². The highest BCUT2D eigenvalue weighted by molar-refractivity contribution is 5.95. The summed E-state index contributed by atoms with van der Waals surface area (Å²) in [5.74, 6) is -0.388. The van der Waals surface area contributed by atoms with Crippen LogP contribution in [0.2, 0.25) is 0 Å². The molecule has 3 aromatic rings. The van der Waals surface area contributed by atoms with Crippen LogP contribution in [0.4, 0.5) is 5.69 Å². The predicted molar refractivity (Wildman–Crippen MR) is 120 cm³/mol. The van der Waals surface area contributed by atoms with Crippen LogP contribution < -0.4 is 10.6 Å². The summed E-state index contributed by atoms with van der Waals surface area (Å²) in [5.41, 5.74) is 9.67. The molecule has 7 nitrogen and oxygen atoms in total. The van der Waals surface area contributed by atoms with Crippen LogP contribution in [-0.2, 0) is 13.0 Å². The average Bonchev–Trinajstić information content (AvgIpc) is 3.22. The van der Waals surface area contributed by atoms with E-state index < -0.39 is 5.91 Å². The lowest BCUT2D eigenvalue weighted by Crippen LogP contribution is -2.49. The van der Waals surface area contributed by atoms with Gasteiger partial charge in [0.1, 0.15) is 0 Å². The number of nitrogens with two attached hydrogens (primary N) is 1. The molecule has 1 aliphatic rings. The van der Waals surface area contributed by atoms with Crippen LogP contribution in [0.5, 0.6) is 0 Å². The first-order valence-corrected chi connectivity index (χ1v) is 10.6. The van der Waals surface area contributed by atoms with Crippen molar-refractivity contribution in [2.45, 2.75) is 19.9 Å². The summed E-state index contributed by atoms with van der Waals surface area (Å²) in [5, 5.41) is 4.50. The monoisotopic (exact) mass is 417 g/mol. The maximum absolute atomic E-state index is 13.2. The molecule has 2 aromatic carbocycles. The van der Waals surface area contributed by atoms with Crippen LogP contribution >= 0.6 is 0 Å². The van der Waals surface area contributed by atoms with Crippen molar-refractivity contribution in [1.82, 2.24) is 14.7 Å². The second-order valence-electron chi connectivity index (χ2n) is 7.69. The topological polar surface area (TPSA) is 84.5 Å². The van der Waals surface area contributed by atoms with Crippen molar-refractivity contribution in [2.75, 3.05) is 31.1 Å². The standard InChI is InChI=1S/C24H27N5O2/c1-2-22-21(16-26-29(22)17-18-6-4-3-5-7-18)24(31)28-14-12-27(13-15-28)20-10-8-19(9-11-20)23(25)30/h3-11,16H,2,12-15,17H2,1H3,(H2,25,30). The third-order valence-electron chi connectivity index (χ3n) is 5.77. The van der Waals surface area contributed by atoms with Gasteiger partial charge < -0.3 is 15.5 Å². The minimum Gasteiger partial charge on any atom is -0.368 e. The second kappa shape index (κ2) is 9.04. The first kappa shape index (κ1) is 20.7. The van der Waals surface area contributed by atoms with Crippen molar-refractivity contribution < 1.29 is 9.59 Å². The van der Waals surface area contributed by atoms with Crippen LogP contribution in [0.15, 0.2) is 60.8 Å². The number of benzene rings is 2. The number of aromatic nitrogens is 2. The molecule has 2 heterocycles. The van der Waals surface area contributed by atoms with Gasteiger partial charge in [-0.05, 0) is 36.2 Å². The maximum atomic E-state index is 13.2. The fraction of sp³-hybridized carbons (Fsp3) is 0.292. The van der Waals surface area contributed by atoms with Crippen molar-refractivity contribution >= 4 is 17.5 Å². The molecule has 0 unspecified atom stereocenters. The zero-order valence-corrected chi connectivity index (χ0v) is 17.7. The van der Waals surface area contributed by atoms with Gasteiger partial charge in [0, 0.05) is 37.4 Å². The molecular weight excluding hydrogens is 390 g/mol. The highest BCUT2D eigenvalue weighted by atomic mass is 16.2. The lowest BCUT2D eigenvalue weighted by molar-refractivity contribution is 0.0745. The van der Waals surface area contributed by atoms with Crippen molar-refractivity contribution in [2.24, 2.45) is 5.73 Å². The Hall–Kier alpha value is -3.61. The van der Waals surface area contributed by atoms with E-state index in [1.165, 1.54) is 0 Å². The molecule has 4 rings (SSSR count). The minimum atomic E-state index is -0.429. The van der Waals surface area contributed by atoms with Crippen molar-refractivity contribution in [3.63, 3.8) is 0 Å². The molecule has 1 fully saturated rings. The maximum Gasteiger partial charge on any atom is 0.257 e. The summed E-state index contributed by atoms with van der Waals surface area (Å²) in [6.45, 7) is 5.48. The Labute approximate surface area is 182 Å². The summed E-state index contributed by atoms with van der Waals surface area (Å²) >= 11 is 0. The molecule has 0 aliphatic carbocycles. The number of rotatable bonds is 6. The van der Waals surface area contributed by atoms with E-state index in [0.717, 1.165) is 36.5 Å². The number of anilines is 1. The summed E-state index contributed by atoms with van der Waals surface area (Å²) in [7, 11) is 0. The molecular formula is C24H27N5O2. The Balaban J connectivity index is 1.42. The van der Waals surface area contributed by atoms with E-state index in [-0.39, 0.29) is 5.91 Å². The van der Waals surface area contributed by atoms with Gasteiger partial charge in [0.25, 0.3) is 5.91 Å². The number of hydrogen-bond acceptors (Lipinski definition) is 4. The number of primary amides is 1. The molecule has 1 aliphatic heterocycles. The molecule has 1 aromatic heterocycles. The van der Waals surface area contributed by atoms with Gasteiger partial charge in [-0.1, -0.05) is 37.3 Å². The van der Waals surface area contributed by atoms with Crippen LogP contribution in [0.25, 0.3) is 0 Å². The third kappa shape index (κ3) is 4.45. The number of carbonyl (C=O) groups is 2. The van der Waals surface area contributed by atoms with E-state index in [9.17, 15) is 9.59 Å². The van der Waals surface area contributed by atoms with E-state index in [0.29, 0.717) is 30.8 Å². The molecule has 2 amide bonds. The molecule has 7 heteroatoms. The second-order valence-corrected chi connectivity index (χ2v) is 7.69. The summed E-state index contributed by atoms with van der Waals surface area (Å²) in [6.07, 6.45) is 2.46. The molecule has 31 heavy (non-hydrogen) atoms. The lowest BCUT2D eigenvalue weighted by Gasteiger charge is -2.36. The van der Waals surface area contributed by atoms with Gasteiger partial charge in [-0.15, -0.1) is 0 Å². The minimum absolute atomic E-state index is 0.0416. The quantitative estimate of drug-likeness (QED) is 0.668. The normalized spacial score (nSPS) is 14.0. The Morgan fingerprint density at radius 3 is 2.26 bits per heavy atom. The first-order valence-electron chi connectivity index (χ1n) is 10.6. The van der Waals surface area contributed by atoms with Crippen molar-refractivity contribution in [3.05, 3.63) is 83.2 Å². The Bertz CT molecular complexity index is 1050. The van der Waals surface area contributed by atoms with Gasteiger partial charge in [-0.3, -0.25) is 14.3 Å². The van der Waals surface area contributed by atoms with E-state index in [1.807, 2.05) is 39.9 Å². The zero-order chi connectivity index (χ0) is 21.8. The molecule has 0 atom stereocenters. The van der Waals surface area contributed by atoms with Gasteiger partial charge in [-0.2, -0.15) is 5.10 Å². The molecule has 160 valence electrons. The highest BCUT2D eigenvalue weighted by Crippen LogP contribution is 2.20. The van der Waals surface area contributed by atoms with Crippen LogP contribution in [0.3, 0.4) is 0 Å². The molecule has 0 spiro atoms. The predicted octanol–water partition coefficient (Wildman–Crippen LogP) is 2.56. The average molecular weight is 418 g/mol. The van der Waals surface area contributed by atoms with E-state index in [4.69, 9.17) is 5.73 Å². The zero-order valence-electron chi connectivity index (χ0n) is 17.7. The molecule has 1 saturated heterocycles. The number of piperazine rings is 1. The van der Waals surface area contributed by atoms with E-state index in [2.05, 4.69) is 29.1 Å². The fourth-order valence-electron chi connectivity index (χ4n) is 4.03. The van der Waals surface area contributed by atoms with Crippen LogP contribution in [-0.4, -0.2) is 52.7 Å².